The fourth-order valence-electron chi connectivity index (χ4n) is 4.57. The van der Waals surface area contributed by atoms with Crippen LogP contribution < -0.4 is 10.1 Å². The van der Waals surface area contributed by atoms with E-state index in [9.17, 15) is 19.5 Å². The number of carbonyl (C=O) groups excluding carboxylic acids is 2. The van der Waals surface area contributed by atoms with E-state index in [-0.39, 0.29) is 31.8 Å². The molecular weight excluding hydrogens is 496 g/mol. The van der Waals surface area contributed by atoms with Crippen molar-refractivity contribution in [1.82, 2.24) is 20.4 Å². The van der Waals surface area contributed by atoms with E-state index in [1.165, 1.54) is 4.90 Å². The molecule has 1 aromatic rings. The number of ether oxygens (including phenoxy) is 4. The SMILES string of the molecule is CCOC(=O)COc1nnccc1C1=CCC(OC[C@H]2[C@@H](NC(=O)OC(C)(C)C)CCCN2C(=O)O)CC1. The Hall–Kier alpha value is -3.41. The van der Waals surface area contributed by atoms with Gasteiger partial charge in [0.05, 0.1) is 37.6 Å². The Kier molecular flexibility index (Phi) is 10.3. The van der Waals surface area contributed by atoms with Crippen LogP contribution in [-0.4, -0.2) is 88.5 Å². The second-order valence-corrected chi connectivity index (χ2v) is 10.2. The first-order valence-corrected chi connectivity index (χ1v) is 13.0. The molecule has 2 amide bonds. The molecule has 2 heterocycles. The van der Waals surface area contributed by atoms with Gasteiger partial charge in [0.25, 0.3) is 0 Å². The molecule has 1 aliphatic carbocycles. The zero-order chi connectivity index (χ0) is 27.7. The lowest BCUT2D eigenvalue weighted by atomic mass is 9.92. The number of carbonyl (C=O) groups is 3. The smallest absolute Gasteiger partial charge is 0.407 e. The zero-order valence-electron chi connectivity index (χ0n) is 22.5. The summed E-state index contributed by atoms with van der Waals surface area (Å²) in [7, 11) is 0. The Morgan fingerprint density at radius 2 is 2.03 bits per heavy atom. The lowest BCUT2D eigenvalue weighted by Crippen LogP contribution is -2.59. The Labute approximate surface area is 222 Å². The normalized spacial score (nSPS) is 21.7. The number of nitrogens with one attached hydrogen (secondary N) is 1. The highest BCUT2D eigenvalue weighted by Gasteiger charge is 2.37. The van der Waals surface area contributed by atoms with Gasteiger partial charge in [-0.05, 0) is 71.4 Å². The molecule has 2 N–H and O–H groups in total. The van der Waals surface area contributed by atoms with Gasteiger partial charge in [-0.3, -0.25) is 0 Å². The number of allylic oxidation sites excluding steroid dienone is 1. The highest BCUT2D eigenvalue weighted by Crippen LogP contribution is 2.33. The third-order valence-corrected chi connectivity index (χ3v) is 6.26. The van der Waals surface area contributed by atoms with Crippen molar-refractivity contribution in [2.75, 3.05) is 26.4 Å². The minimum Gasteiger partial charge on any atom is -0.465 e. The quantitative estimate of drug-likeness (QED) is 0.451. The van der Waals surface area contributed by atoms with Crippen LogP contribution >= 0.6 is 0 Å². The van der Waals surface area contributed by atoms with Crippen molar-refractivity contribution >= 4 is 23.7 Å². The van der Waals surface area contributed by atoms with Crippen LogP contribution in [0.4, 0.5) is 9.59 Å². The maximum absolute atomic E-state index is 12.4. The van der Waals surface area contributed by atoms with Gasteiger partial charge in [-0.15, -0.1) is 5.10 Å². The fraction of sp³-hybridized carbons (Fsp3) is 0.654. The van der Waals surface area contributed by atoms with Gasteiger partial charge < -0.3 is 34.3 Å². The minimum atomic E-state index is -1.04. The predicted molar refractivity (Wildman–Crippen MR) is 137 cm³/mol. The van der Waals surface area contributed by atoms with Crippen molar-refractivity contribution in [2.24, 2.45) is 0 Å². The summed E-state index contributed by atoms with van der Waals surface area (Å²) in [6.07, 6.45) is 5.14. The monoisotopic (exact) mass is 534 g/mol. The number of alkyl carbamates (subject to hydrolysis) is 1. The van der Waals surface area contributed by atoms with Crippen molar-refractivity contribution < 1.29 is 38.4 Å². The molecule has 1 unspecified atom stereocenters. The van der Waals surface area contributed by atoms with Crippen molar-refractivity contribution in [3.63, 3.8) is 0 Å². The molecular formula is C26H38N4O8. The van der Waals surface area contributed by atoms with E-state index >= 15 is 0 Å². The van der Waals surface area contributed by atoms with Gasteiger partial charge in [0.15, 0.2) is 6.61 Å². The molecule has 0 radical (unpaired) electrons. The van der Waals surface area contributed by atoms with Gasteiger partial charge >= 0.3 is 18.2 Å². The van der Waals surface area contributed by atoms with Crippen molar-refractivity contribution in [3.05, 3.63) is 23.9 Å². The van der Waals surface area contributed by atoms with E-state index in [2.05, 4.69) is 15.5 Å². The summed E-state index contributed by atoms with van der Waals surface area (Å²) < 4.78 is 22.0. The van der Waals surface area contributed by atoms with Crippen LogP contribution in [0.5, 0.6) is 5.88 Å². The molecule has 210 valence electrons. The van der Waals surface area contributed by atoms with E-state index in [1.807, 2.05) is 6.08 Å². The van der Waals surface area contributed by atoms with Crippen LogP contribution in [0.3, 0.4) is 0 Å². The number of carboxylic acid groups (broad SMARTS) is 1. The Bertz CT molecular complexity index is 1010. The second-order valence-electron chi connectivity index (χ2n) is 10.2. The van der Waals surface area contributed by atoms with E-state index < -0.39 is 35.8 Å². The number of likely N-dealkylation sites (tertiary alicyclic amines) is 1. The van der Waals surface area contributed by atoms with Crippen LogP contribution in [0.25, 0.3) is 5.57 Å². The van der Waals surface area contributed by atoms with Gasteiger partial charge in [-0.25, -0.2) is 14.4 Å². The standard InChI is InChI=1S/C26H38N4O8/c1-5-35-22(31)16-37-23-19(12-13-27-29-23)17-8-10-18(11-9-17)36-15-21-20(7-6-14-30(21)25(33)34)28-24(32)38-26(2,3)4/h8,12-13,18,20-21H,5-7,9-11,14-16H2,1-4H3,(H,28,32)(H,33,34)/t18?,20-,21-/m0/s1. The largest absolute Gasteiger partial charge is 0.465 e. The van der Waals surface area contributed by atoms with Crippen LogP contribution in [0, 0.1) is 0 Å². The van der Waals surface area contributed by atoms with Gasteiger partial charge in [0, 0.05) is 12.1 Å². The highest BCUT2D eigenvalue weighted by atomic mass is 16.6. The van der Waals surface area contributed by atoms with E-state index in [0.29, 0.717) is 38.6 Å². The number of aromatic nitrogens is 2. The van der Waals surface area contributed by atoms with Crippen LogP contribution in [-0.2, 0) is 19.0 Å². The van der Waals surface area contributed by atoms with Crippen molar-refractivity contribution in [3.8, 4) is 5.88 Å². The molecule has 12 heteroatoms. The first-order valence-electron chi connectivity index (χ1n) is 13.0. The first kappa shape index (κ1) is 29.2. The highest BCUT2D eigenvalue weighted by molar-refractivity contribution is 5.73. The fourth-order valence-corrected chi connectivity index (χ4v) is 4.57. The molecule has 38 heavy (non-hydrogen) atoms. The third-order valence-electron chi connectivity index (χ3n) is 6.26. The molecule has 2 aliphatic rings. The van der Waals surface area contributed by atoms with E-state index in [0.717, 1.165) is 11.1 Å². The molecule has 3 rings (SSSR count). The average Bonchev–Trinajstić information content (AvgIpc) is 2.86. The molecule has 12 nitrogen and oxygen atoms in total. The predicted octanol–water partition coefficient (Wildman–Crippen LogP) is 3.41. The number of piperidine rings is 1. The Morgan fingerprint density at radius 1 is 1.24 bits per heavy atom. The average molecular weight is 535 g/mol. The second kappa shape index (κ2) is 13.4. The number of nitrogens with zero attached hydrogens (tertiary/aromatic N) is 3. The molecule has 0 bridgehead atoms. The molecule has 3 atom stereocenters. The lowest BCUT2D eigenvalue weighted by molar-refractivity contribution is -0.145. The molecule has 0 spiro atoms. The summed E-state index contributed by atoms with van der Waals surface area (Å²) in [5.74, 6) is -0.214. The number of rotatable bonds is 9. The summed E-state index contributed by atoms with van der Waals surface area (Å²) in [6, 6.07) is 0.859. The first-order chi connectivity index (χ1) is 18.1. The summed E-state index contributed by atoms with van der Waals surface area (Å²) in [6.45, 7) is 7.62. The number of hydrogen-bond donors (Lipinski definition) is 2. The summed E-state index contributed by atoms with van der Waals surface area (Å²) in [5.41, 5.74) is 1.11. The molecule has 1 aliphatic heterocycles. The lowest BCUT2D eigenvalue weighted by Gasteiger charge is -2.40. The molecule has 0 aromatic carbocycles. The van der Waals surface area contributed by atoms with Crippen molar-refractivity contribution in [2.45, 2.75) is 83.6 Å². The van der Waals surface area contributed by atoms with E-state index in [4.69, 9.17) is 18.9 Å². The number of amides is 2. The molecule has 1 aromatic heterocycles. The van der Waals surface area contributed by atoms with Gasteiger partial charge in [0.1, 0.15) is 5.60 Å². The van der Waals surface area contributed by atoms with Crippen LogP contribution in [0.1, 0.15) is 65.4 Å². The van der Waals surface area contributed by atoms with Gasteiger partial charge in [0.2, 0.25) is 5.88 Å². The molecule has 1 fully saturated rings. The Morgan fingerprint density at radius 3 is 2.68 bits per heavy atom. The van der Waals surface area contributed by atoms with Crippen LogP contribution in [0.2, 0.25) is 0 Å². The topological polar surface area (TPSA) is 149 Å². The summed E-state index contributed by atoms with van der Waals surface area (Å²) >= 11 is 0. The number of esters is 1. The zero-order valence-corrected chi connectivity index (χ0v) is 22.5. The molecule has 0 saturated carbocycles. The Balaban J connectivity index is 1.61. The summed E-state index contributed by atoms with van der Waals surface area (Å²) in [4.78, 5) is 37.3. The third kappa shape index (κ3) is 8.57. The van der Waals surface area contributed by atoms with Gasteiger partial charge in [-0.1, -0.05) is 6.08 Å². The maximum atomic E-state index is 12.4. The van der Waals surface area contributed by atoms with Gasteiger partial charge in [-0.2, -0.15) is 5.10 Å². The van der Waals surface area contributed by atoms with Crippen molar-refractivity contribution in [1.29, 1.82) is 0 Å². The molecule has 1 saturated heterocycles. The van der Waals surface area contributed by atoms with Crippen LogP contribution in [0.15, 0.2) is 18.3 Å². The maximum Gasteiger partial charge on any atom is 0.407 e. The number of hydrogen-bond acceptors (Lipinski definition) is 9. The van der Waals surface area contributed by atoms with E-state index in [1.54, 1.807) is 40.0 Å². The summed E-state index contributed by atoms with van der Waals surface area (Å²) in [5, 5.41) is 20.5. The minimum absolute atomic E-state index is 0.114.